The number of carbonyl (C=O) groups excluding carboxylic acids is 1. The number of rotatable bonds is 5. The SMILES string of the molecule is O=C(CCS)N(CCO)C1CC1. The molecule has 0 saturated heterocycles. The molecule has 0 aromatic carbocycles. The second-order valence-corrected chi connectivity index (χ2v) is 3.46. The molecule has 0 unspecified atom stereocenters. The van der Waals surface area contributed by atoms with Crippen molar-refractivity contribution in [3.05, 3.63) is 0 Å². The minimum Gasteiger partial charge on any atom is -0.395 e. The predicted molar refractivity (Wildman–Crippen MR) is 50.3 cm³/mol. The van der Waals surface area contributed by atoms with Crippen molar-refractivity contribution in [1.29, 1.82) is 0 Å². The predicted octanol–water partition coefficient (Wildman–Crippen LogP) is 0.290. The van der Waals surface area contributed by atoms with Crippen molar-refractivity contribution in [2.75, 3.05) is 18.9 Å². The van der Waals surface area contributed by atoms with Crippen molar-refractivity contribution in [3.63, 3.8) is 0 Å². The van der Waals surface area contributed by atoms with Crippen LogP contribution < -0.4 is 0 Å². The Kier molecular flexibility index (Phi) is 3.88. The van der Waals surface area contributed by atoms with Gasteiger partial charge in [0.1, 0.15) is 0 Å². The van der Waals surface area contributed by atoms with E-state index in [0.717, 1.165) is 12.8 Å². The Morgan fingerprint density at radius 3 is 2.67 bits per heavy atom. The van der Waals surface area contributed by atoms with Gasteiger partial charge in [0.05, 0.1) is 6.61 Å². The van der Waals surface area contributed by atoms with E-state index < -0.39 is 0 Å². The van der Waals surface area contributed by atoms with Crippen LogP contribution in [-0.4, -0.2) is 40.9 Å². The molecule has 1 fully saturated rings. The number of hydrogen-bond donors (Lipinski definition) is 2. The number of aliphatic hydroxyl groups excluding tert-OH is 1. The summed E-state index contributed by atoms with van der Waals surface area (Å²) in [6.07, 6.45) is 2.68. The maximum Gasteiger partial charge on any atom is 0.223 e. The number of nitrogens with zero attached hydrogens (tertiary/aromatic N) is 1. The van der Waals surface area contributed by atoms with Crippen LogP contribution in [0.4, 0.5) is 0 Å². The van der Waals surface area contributed by atoms with Crippen LogP contribution in [0.3, 0.4) is 0 Å². The van der Waals surface area contributed by atoms with Gasteiger partial charge in [-0.25, -0.2) is 0 Å². The highest BCUT2D eigenvalue weighted by molar-refractivity contribution is 7.80. The Morgan fingerprint density at radius 1 is 1.58 bits per heavy atom. The normalized spacial score (nSPS) is 16.2. The van der Waals surface area contributed by atoms with Gasteiger partial charge in [0.2, 0.25) is 5.91 Å². The van der Waals surface area contributed by atoms with Crippen LogP contribution in [0, 0.1) is 0 Å². The average molecular weight is 189 g/mol. The highest BCUT2D eigenvalue weighted by Crippen LogP contribution is 2.26. The Hall–Kier alpha value is -0.220. The first-order chi connectivity index (χ1) is 5.79. The molecule has 1 aliphatic rings. The number of carbonyl (C=O) groups is 1. The summed E-state index contributed by atoms with van der Waals surface area (Å²) in [6, 6.07) is 0.407. The highest BCUT2D eigenvalue weighted by Gasteiger charge is 2.31. The molecule has 1 rings (SSSR count). The molecule has 3 nitrogen and oxygen atoms in total. The van der Waals surface area contributed by atoms with Gasteiger partial charge in [-0.1, -0.05) is 0 Å². The average Bonchev–Trinajstić information content (AvgIpc) is 2.83. The summed E-state index contributed by atoms with van der Waals surface area (Å²) < 4.78 is 0. The number of thiol groups is 1. The molecule has 4 heteroatoms. The minimum absolute atomic E-state index is 0.0643. The Balaban J connectivity index is 2.34. The number of amides is 1. The molecule has 1 saturated carbocycles. The lowest BCUT2D eigenvalue weighted by molar-refractivity contribution is -0.131. The lowest BCUT2D eigenvalue weighted by Gasteiger charge is -2.20. The number of aliphatic hydroxyl groups is 1. The molecule has 0 spiro atoms. The molecule has 0 radical (unpaired) electrons. The fraction of sp³-hybridized carbons (Fsp3) is 0.875. The second kappa shape index (κ2) is 4.72. The van der Waals surface area contributed by atoms with Crippen molar-refractivity contribution in [1.82, 2.24) is 4.90 Å². The third-order valence-electron chi connectivity index (χ3n) is 1.97. The van der Waals surface area contributed by atoms with Gasteiger partial charge in [-0.2, -0.15) is 12.6 Å². The van der Waals surface area contributed by atoms with Gasteiger partial charge >= 0.3 is 0 Å². The van der Waals surface area contributed by atoms with Gasteiger partial charge < -0.3 is 10.0 Å². The Morgan fingerprint density at radius 2 is 2.25 bits per heavy atom. The molecule has 70 valence electrons. The Bertz CT molecular complexity index is 159. The lowest BCUT2D eigenvalue weighted by Crippen LogP contribution is -2.35. The van der Waals surface area contributed by atoms with Gasteiger partial charge in [-0.15, -0.1) is 0 Å². The van der Waals surface area contributed by atoms with Crippen LogP contribution in [-0.2, 0) is 4.79 Å². The summed E-state index contributed by atoms with van der Waals surface area (Å²) in [5.74, 6) is 0.717. The van der Waals surface area contributed by atoms with Gasteiger partial charge in [-0.3, -0.25) is 4.79 Å². The van der Waals surface area contributed by atoms with E-state index in [-0.39, 0.29) is 12.5 Å². The van der Waals surface area contributed by atoms with Crippen LogP contribution in [0.15, 0.2) is 0 Å². The van der Waals surface area contributed by atoms with Crippen molar-refractivity contribution >= 4 is 18.5 Å². The van der Waals surface area contributed by atoms with Gasteiger partial charge in [0.15, 0.2) is 0 Å². The van der Waals surface area contributed by atoms with Crippen molar-refractivity contribution in [2.45, 2.75) is 25.3 Å². The molecule has 0 aliphatic heterocycles. The molecule has 0 heterocycles. The molecular weight excluding hydrogens is 174 g/mol. The van der Waals surface area contributed by atoms with E-state index in [0.29, 0.717) is 24.8 Å². The highest BCUT2D eigenvalue weighted by atomic mass is 32.1. The zero-order valence-corrected chi connectivity index (χ0v) is 7.96. The first-order valence-electron chi connectivity index (χ1n) is 4.30. The molecule has 0 bridgehead atoms. The molecule has 12 heavy (non-hydrogen) atoms. The zero-order chi connectivity index (χ0) is 8.97. The first-order valence-corrected chi connectivity index (χ1v) is 4.94. The van der Waals surface area contributed by atoms with Crippen LogP contribution in [0.25, 0.3) is 0 Å². The van der Waals surface area contributed by atoms with Gasteiger partial charge in [0.25, 0.3) is 0 Å². The Labute approximate surface area is 78.2 Å². The summed E-state index contributed by atoms with van der Waals surface area (Å²) in [4.78, 5) is 13.2. The topological polar surface area (TPSA) is 40.5 Å². The van der Waals surface area contributed by atoms with Crippen molar-refractivity contribution in [3.8, 4) is 0 Å². The first kappa shape index (κ1) is 9.86. The molecule has 1 N–H and O–H groups in total. The standard InChI is InChI=1S/C8H15NO2S/c10-5-4-9(7-1-2-7)8(11)3-6-12/h7,10,12H,1-6H2. The monoisotopic (exact) mass is 189 g/mol. The molecular formula is C8H15NO2S. The van der Waals surface area contributed by atoms with E-state index in [1.807, 2.05) is 0 Å². The van der Waals surface area contributed by atoms with E-state index >= 15 is 0 Å². The summed E-state index contributed by atoms with van der Waals surface area (Å²) in [5.41, 5.74) is 0. The third kappa shape index (κ3) is 2.68. The van der Waals surface area contributed by atoms with Gasteiger partial charge in [-0.05, 0) is 18.6 Å². The lowest BCUT2D eigenvalue weighted by atomic mass is 10.3. The third-order valence-corrected chi connectivity index (χ3v) is 2.20. The second-order valence-electron chi connectivity index (χ2n) is 3.02. The molecule has 1 aliphatic carbocycles. The molecule has 0 atom stereocenters. The smallest absolute Gasteiger partial charge is 0.223 e. The summed E-state index contributed by atoms with van der Waals surface area (Å²) >= 11 is 4.00. The van der Waals surface area contributed by atoms with E-state index in [1.54, 1.807) is 4.90 Å². The van der Waals surface area contributed by atoms with Crippen LogP contribution in [0.5, 0.6) is 0 Å². The quantitative estimate of drug-likeness (QED) is 0.610. The van der Waals surface area contributed by atoms with E-state index in [1.165, 1.54) is 0 Å². The fourth-order valence-electron chi connectivity index (χ4n) is 1.24. The zero-order valence-electron chi connectivity index (χ0n) is 7.07. The van der Waals surface area contributed by atoms with Crippen molar-refractivity contribution < 1.29 is 9.90 Å². The molecule has 1 amide bonds. The maximum absolute atomic E-state index is 11.4. The number of hydrogen-bond acceptors (Lipinski definition) is 3. The van der Waals surface area contributed by atoms with Crippen LogP contribution >= 0.6 is 12.6 Å². The largest absolute Gasteiger partial charge is 0.395 e. The summed E-state index contributed by atoms with van der Waals surface area (Å²) in [6.45, 7) is 0.548. The van der Waals surface area contributed by atoms with E-state index in [2.05, 4.69) is 12.6 Å². The minimum atomic E-state index is 0.0643. The fourth-order valence-corrected chi connectivity index (χ4v) is 1.44. The molecule has 0 aromatic heterocycles. The summed E-state index contributed by atoms with van der Waals surface area (Å²) in [5, 5.41) is 8.72. The van der Waals surface area contributed by atoms with Crippen molar-refractivity contribution in [2.24, 2.45) is 0 Å². The maximum atomic E-state index is 11.4. The van der Waals surface area contributed by atoms with Crippen LogP contribution in [0.2, 0.25) is 0 Å². The van der Waals surface area contributed by atoms with Crippen LogP contribution in [0.1, 0.15) is 19.3 Å². The summed E-state index contributed by atoms with van der Waals surface area (Å²) in [7, 11) is 0. The molecule has 0 aromatic rings. The van der Waals surface area contributed by atoms with E-state index in [9.17, 15) is 4.79 Å². The van der Waals surface area contributed by atoms with E-state index in [4.69, 9.17) is 5.11 Å². The van der Waals surface area contributed by atoms with Gasteiger partial charge in [0, 0.05) is 19.0 Å².